The van der Waals surface area contributed by atoms with E-state index in [1.54, 1.807) is 0 Å². The van der Waals surface area contributed by atoms with Crippen LogP contribution in [0.4, 0.5) is 10.8 Å². The fourth-order valence-electron chi connectivity index (χ4n) is 4.25. The largest absolute Gasteiger partial charge is 0.459 e. The minimum atomic E-state index is -1.28. The van der Waals surface area contributed by atoms with Crippen LogP contribution in [0.15, 0.2) is 29.6 Å². The Morgan fingerprint density at radius 3 is 2.81 bits per heavy atom. The standard InChI is InChI=1S/C24H30N2O5S/c1-15(2)9-10-29-12-17-11-24(20(27)30-17)14-23(4,31-21(24)28)19-13-32-22(26-19)25-18-8-6-5-7-16(18)3/h5-8,13,15,17H,9-12,14H2,1-4H3,(H,25,26)/t17-,23-,24-/m1/s1. The average molecular weight is 459 g/mol. The number of esters is 2. The van der Waals surface area contributed by atoms with Gasteiger partial charge in [-0.15, -0.1) is 11.3 Å². The minimum absolute atomic E-state index is 0.216. The number of nitrogens with one attached hydrogen (secondary N) is 1. The average Bonchev–Trinajstić information content (AvgIpc) is 3.39. The number of carbonyl (C=O) groups excluding carboxylic acids is 2. The van der Waals surface area contributed by atoms with Gasteiger partial charge in [-0.2, -0.15) is 0 Å². The van der Waals surface area contributed by atoms with Gasteiger partial charge in [0.1, 0.15) is 6.10 Å². The van der Waals surface area contributed by atoms with Crippen molar-refractivity contribution in [1.29, 1.82) is 0 Å². The number of hydrogen-bond donors (Lipinski definition) is 1. The number of ether oxygens (including phenoxy) is 3. The van der Waals surface area contributed by atoms with E-state index in [2.05, 4.69) is 24.1 Å². The van der Waals surface area contributed by atoms with E-state index in [1.165, 1.54) is 11.3 Å². The first-order chi connectivity index (χ1) is 15.2. The van der Waals surface area contributed by atoms with E-state index in [1.807, 2.05) is 43.5 Å². The highest BCUT2D eigenvalue weighted by Gasteiger charge is 2.65. The fraction of sp³-hybridized carbons (Fsp3) is 0.542. The first-order valence-electron chi connectivity index (χ1n) is 11.0. The third-order valence-electron chi connectivity index (χ3n) is 6.16. The molecule has 0 bridgehead atoms. The SMILES string of the molecule is Cc1ccccc1Nc1nc([C@@]2(C)C[C@@]3(C[C@H](COCCC(C)C)OC3=O)C(=O)O2)cs1. The molecule has 0 amide bonds. The molecule has 2 aromatic rings. The normalized spacial score (nSPS) is 27.2. The Balaban J connectivity index is 1.44. The van der Waals surface area contributed by atoms with Crippen molar-refractivity contribution in [3.63, 3.8) is 0 Å². The maximum atomic E-state index is 12.9. The topological polar surface area (TPSA) is 86.8 Å². The Labute approximate surface area is 192 Å². The number of anilines is 2. The lowest BCUT2D eigenvalue weighted by Gasteiger charge is -2.20. The fourth-order valence-corrected chi connectivity index (χ4v) is 5.09. The van der Waals surface area contributed by atoms with Crippen LogP contribution < -0.4 is 5.32 Å². The van der Waals surface area contributed by atoms with Crippen molar-refractivity contribution in [3.8, 4) is 0 Å². The van der Waals surface area contributed by atoms with Crippen molar-refractivity contribution in [2.75, 3.05) is 18.5 Å². The third kappa shape index (κ3) is 4.38. The van der Waals surface area contributed by atoms with E-state index in [-0.39, 0.29) is 12.8 Å². The van der Waals surface area contributed by atoms with Crippen molar-refractivity contribution < 1.29 is 23.8 Å². The Bertz CT molecular complexity index is 1010. The number of aromatic nitrogens is 1. The van der Waals surface area contributed by atoms with Gasteiger partial charge in [-0.3, -0.25) is 9.59 Å². The monoisotopic (exact) mass is 458 g/mol. The molecule has 0 radical (unpaired) electrons. The summed E-state index contributed by atoms with van der Waals surface area (Å²) in [5, 5.41) is 5.90. The Morgan fingerprint density at radius 2 is 2.06 bits per heavy atom. The van der Waals surface area contributed by atoms with Gasteiger partial charge in [-0.05, 0) is 37.8 Å². The molecule has 2 aliphatic rings. The summed E-state index contributed by atoms with van der Waals surface area (Å²) >= 11 is 1.44. The highest BCUT2D eigenvalue weighted by molar-refractivity contribution is 7.13. The molecular formula is C24H30N2O5S. The molecular weight excluding hydrogens is 428 g/mol. The van der Waals surface area contributed by atoms with Crippen LogP contribution in [0.25, 0.3) is 0 Å². The number of cyclic esters (lactones) is 2. The van der Waals surface area contributed by atoms with E-state index in [4.69, 9.17) is 14.2 Å². The number of carbonyl (C=O) groups is 2. The Morgan fingerprint density at radius 1 is 1.28 bits per heavy atom. The molecule has 0 unspecified atom stereocenters. The van der Waals surface area contributed by atoms with E-state index >= 15 is 0 Å². The molecule has 4 rings (SSSR count). The molecule has 1 N–H and O–H groups in total. The first kappa shape index (κ1) is 22.7. The van der Waals surface area contributed by atoms with Gasteiger partial charge in [0.15, 0.2) is 16.1 Å². The van der Waals surface area contributed by atoms with Gasteiger partial charge in [0.25, 0.3) is 0 Å². The smallest absolute Gasteiger partial charge is 0.324 e. The zero-order chi connectivity index (χ0) is 22.9. The molecule has 32 heavy (non-hydrogen) atoms. The zero-order valence-electron chi connectivity index (χ0n) is 19.0. The molecule has 0 aliphatic carbocycles. The zero-order valence-corrected chi connectivity index (χ0v) is 19.8. The molecule has 1 aromatic carbocycles. The molecule has 2 saturated heterocycles. The van der Waals surface area contributed by atoms with Gasteiger partial charge in [-0.1, -0.05) is 32.0 Å². The van der Waals surface area contributed by atoms with Crippen molar-refractivity contribution in [3.05, 3.63) is 40.9 Å². The van der Waals surface area contributed by atoms with Crippen LogP contribution in [0.1, 0.15) is 51.3 Å². The number of thiazole rings is 1. The molecule has 3 heterocycles. The molecule has 2 aliphatic heterocycles. The third-order valence-corrected chi connectivity index (χ3v) is 6.92. The lowest BCUT2D eigenvalue weighted by Crippen LogP contribution is -2.32. The maximum Gasteiger partial charge on any atom is 0.324 e. The number of benzene rings is 1. The van der Waals surface area contributed by atoms with Crippen LogP contribution in [0, 0.1) is 18.3 Å². The van der Waals surface area contributed by atoms with E-state index < -0.39 is 29.1 Å². The summed E-state index contributed by atoms with van der Waals surface area (Å²) in [5.74, 6) is -0.505. The minimum Gasteiger partial charge on any atom is -0.459 e. The van der Waals surface area contributed by atoms with Gasteiger partial charge >= 0.3 is 11.9 Å². The Kier molecular flexibility index (Phi) is 6.27. The summed E-state index contributed by atoms with van der Waals surface area (Å²) in [6.45, 7) is 9.00. The molecule has 1 spiro atoms. The second-order valence-corrected chi connectivity index (χ2v) is 10.2. The number of aryl methyl sites for hydroxylation is 1. The number of rotatable bonds is 8. The second kappa shape index (κ2) is 8.83. The quantitative estimate of drug-likeness (QED) is 0.348. The summed E-state index contributed by atoms with van der Waals surface area (Å²) in [4.78, 5) is 30.3. The van der Waals surface area contributed by atoms with Crippen molar-refractivity contribution in [2.45, 2.75) is 58.7 Å². The van der Waals surface area contributed by atoms with Crippen LogP contribution in [0.5, 0.6) is 0 Å². The van der Waals surface area contributed by atoms with E-state index in [0.29, 0.717) is 30.0 Å². The number of nitrogens with zero attached hydrogens (tertiary/aromatic N) is 1. The van der Waals surface area contributed by atoms with Crippen LogP contribution >= 0.6 is 11.3 Å². The van der Waals surface area contributed by atoms with E-state index in [9.17, 15) is 9.59 Å². The van der Waals surface area contributed by atoms with Gasteiger partial charge in [0.2, 0.25) is 0 Å². The molecule has 172 valence electrons. The number of hydrogen-bond acceptors (Lipinski definition) is 8. The highest BCUT2D eigenvalue weighted by atomic mass is 32.1. The van der Waals surface area contributed by atoms with Crippen molar-refractivity contribution in [2.24, 2.45) is 11.3 Å². The number of para-hydroxylation sites is 1. The predicted octanol–water partition coefficient (Wildman–Crippen LogP) is 4.72. The summed E-state index contributed by atoms with van der Waals surface area (Å²) in [6, 6.07) is 7.95. The van der Waals surface area contributed by atoms with Crippen LogP contribution in [0.2, 0.25) is 0 Å². The first-order valence-corrected chi connectivity index (χ1v) is 11.9. The lowest BCUT2D eigenvalue weighted by atomic mass is 9.78. The van der Waals surface area contributed by atoms with Gasteiger partial charge in [0.05, 0.1) is 12.3 Å². The van der Waals surface area contributed by atoms with Crippen LogP contribution in [-0.4, -0.2) is 36.2 Å². The van der Waals surface area contributed by atoms with Gasteiger partial charge in [0, 0.05) is 30.5 Å². The summed E-state index contributed by atoms with van der Waals surface area (Å²) in [5.41, 5.74) is 0.447. The molecule has 1 aromatic heterocycles. The molecule has 7 nitrogen and oxygen atoms in total. The summed E-state index contributed by atoms with van der Waals surface area (Å²) in [6.07, 6.45) is 1.00. The van der Waals surface area contributed by atoms with Gasteiger partial charge in [-0.25, -0.2) is 4.98 Å². The van der Waals surface area contributed by atoms with Crippen LogP contribution in [0.3, 0.4) is 0 Å². The molecule has 0 saturated carbocycles. The van der Waals surface area contributed by atoms with Crippen molar-refractivity contribution in [1.82, 2.24) is 4.98 Å². The summed E-state index contributed by atoms with van der Waals surface area (Å²) in [7, 11) is 0. The van der Waals surface area contributed by atoms with E-state index in [0.717, 1.165) is 17.7 Å². The second-order valence-electron chi connectivity index (χ2n) is 9.35. The molecule has 3 atom stereocenters. The van der Waals surface area contributed by atoms with Gasteiger partial charge < -0.3 is 19.5 Å². The van der Waals surface area contributed by atoms with Crippen molar-refractivity contribution >= 4 is 34.1 Å². The molecule has 2 fully saturated rings. The predicted molar refractivity (Wildman–Crippen MR) is 122 cm³/mol. The maximum absolute atomic E-state index is 12.9. The molecule has 8 heteroatoms. The summed E-state index contributed by atoms with van der Waals surface area (Å²) < 4.78 is 17.0. The highest BCUT2D eigenvalue weighted by Crippen LogP contribution is 2.52. The lowest BCUT2D eigenvalue weighted by molar-refractivity contribution is -0.160. The Hall–Kier alpha value is -2.45. The van der Waals surface area contributed by atoms with Crippen LogP contribution in [-0.2, 0) is 29.4 Å².